The predicted molar refractivity (Wildman–Crippen MR) is 92.5 cm³/mol. The Morgan fingerprint density at radius 1 is 1.23 bits per heavy atom. The zero-order valence-electron chi connectivity index (χ0n) is 12.4. The highest BCUT2D eigenvalue weighted by atomic mass is 79.9. The van der Waals surface area contributed by atoms with Crippen LogP contribution in [0.25, 0.3) is 6.08 Å². The maximum atomic E-state index is 11.6. The van der Waals surface area contributed by atoms with Gasteiger partial charge >= 0.3 is 6.09 Å². The first-order chi connectivity index (χ1) is 10.6. The highest BCUT2D eigenvalue weighted by molar-refractivity contribution is 9.10. The monoisotopic (exact) mass is 359 g/mol. The summed E-state index contributed by atoms with van der Waals surface area (Å²) in [5, 5.41) is 2.70. The summed E-state index contributed by atoms with van der Waals surface area (Å²) in [5.74, 6) is 0. The molecule has 0 bridgehead atoms. The van der Waals surface area contributed by atoms with Gasteiger partial charge in [0, 0.05) is 11.0 Å². The summed E-state index contributed by atoms with van der Waals surface area (Å²) in [4.78, 5) is 11.6. The summed E-state index contributed by atoms with van der Waals surface area (Å²) in [6.45, 7) is 2.76. The van der Waals surface area contributed by atoms with Gasteiger partial charge in [-0.3, -0.25) is 0 Å². The van der Waals surface area contributed by atoms with Gasteiger partial charge in [0.25, 0.3) is 0 Å². The summed E-state index contributed by atoms with van der Waals surface area (Å²) in [7, 11) is 0. The van der Waals surface area contributed by atoms with Crippen LogP contribution in [0, 0.1) is 6.92 Å². The maximum Gasteiger partial charge on any atom is 0.407 e. The van der Waals surface area contributed by atoms with Crippen LogP contribution in [0.2, 0.25) is 0 Å². The largest absolute Gasteiger partial charge is 0.445 e. The predicted octanol–water partition coefficient (Wildman–Crippen LogP) is 4.70. The molecule has 0 heterocycles. The third-order valence-electron chi connectivity index (χ3n) is 3.12. The first-order valence-corrected chi connectivity index (χ1v) is 7.81. The van der Waals surface area contributed by atoms with Crippen LogP contribution < -0.4 is 5.32 Å². The molecule has 22 heavy (non-hydrogen) atoms. The van der Waals surface area contributed by atoms with Crippen LogP contribution in [0.4, 0.5) is 4.79 Å². The summed E-state index contributed by atoms with van der Waals surface area (Å²) >= 11 is 3.45. The Morgan fingerprint density at radius 2 is 2.00 bits per heavy atom. The number of hydrogen-bond acceptors (Lipinski definition) is 2. The summed E-state index contributed by atoms with van der Waals surface area (Å²) in [6, 6.07) is 15.7. The molecule has 0 saturated carbocycles. The van der Waals surface area contributed by atoms with Crippen LogP contribution in [-0.2, 0) is 11.3 Å². The fourth-order valence-electron chi connectivity index (χ4n) is 1.89. The van der Waals surface area contributed by atoms with Gasteiger partial charge in [-0.2, -0.15) is 0 Å². The minimum Gasteiger partial charge on any atom is -0.445 e. The van der Waals surface area contributed by atoms with Gasteiger partial charge in [-0.1, -0.05) is 64.5 Å². The van der Waals surface area contributed by atoms with Crippen molar-refractivity contribution in [1.82, 2.24) is 5.32 Å². The van der Waals surface area contributed by atoms with E-state index >= 15 is 0 Å². The number of alkyl carbamates (subject to hydrolysis) is 1. The van der Waals surface area contributed by atoms with E-state index in [9.17, 15) is 4.79 Å². The van der Waals surface area contributed by atoms with Crippen molar-refractivity contribution < 1.29 is 9.53 Å². The van der Waals surface area contributed by atoms with E-state index in [0.717, 1.165) is 15.6 Å². The first kappa shape index (κ1) is 16.3. The molecule has 0 aliphatic rings. The number of halogens is 1. The van der Waals surface area contributed by atoms with Crippen molar-refractivity contribution >= 4 is 28.1 Å². The second kappa shape index (κ2) is 8.39. The number of benzene rings is 2. The number of hydrogen-bond donors (Lipinski definition) is 1. The van der Waals surface area contributed by atoms with Gasteiger partial charge in [0.2, 0.25) is 0 Å². The molecule has 2 aromatic carbocycles. The third-order valence-corrected chi connectivity index (χ3v) is 3.61. The van der Waals surface area contributed by atoms with Crippen molar-refractivity contribution in [2.45, 2.75) is 13.5 Å². The van der Waals surface area contributed by atoms with Gasteiger partial charge in [0.1, 0.15) is 6.61 Å². The summed E-state index contributed by atoms with van der Waals surface area (Å²) < 4.78 is 6.17. The highest BCUT2D eigenvalue weighted by Crippen LogP contribution is 2.17. The Labute approximate surface area is 139 Å². The van der Waals surface area contributed by atoms with E-state index in [4.69, 9.17) is 4.74 Å². The Morgan fingerprint density at radius 3 is 2.77 bits per heavy atom. The van der Waals surface area contributed by atoms with Crippen molar-refractivity contribution in [2.24, 2.45) is 0 Å². The van der Waals surface area contributed by atoms with Gasteiger partial charge in [-0.25, -0.2) is 4.79 Å². The van der Waals surface area contributed by atoms with E-state index in [-0.39, 0.29) is 6.61 Å². The Hall–Kier alpha value is -2.07. The minimum absolute atomic E-state index is 0.279. The lowest BCUT2D eigenvalue weighted by molar-refractivity contribution is 0.141. The molecule has 0 fully saturated rings. The van der Waals surface area contributed by atoms with Crippen molar-refractivity contribution in [3.05, 3.63) is 75.8 Å². The molecule has 0 atom stereocenters. The van der Waals surface area contributed by atoms with Crippen LogP contribution in [0.5, 0.6) is 0 Å². The van der Waals surface area contributed by atoms with Gasteiger partial charge in [0.15, 0.2) is 0 Å². The lowest BCUT2D eigenvalue weighted by atomic mass is 10.1. The highest BCUT2D eigenvalue weighted by Gasteiger charge is 2.00. The normalized spacial score (nSPS) is 10.6. The smallest absolute Gasteiger partial charge is 0.407 e. The topological polar surface area (TPSA) is 38.3 Å². The van der Waals surface area contributed by atoms with E-state index in [1.54, 1.807) is 0 Å². The van der Waals surface area contributed by atoms with E-state index < -0.39 is 6.09 Å². The molecule has 0 aromatic heterocycles. The number of aryl methyl sites for hydroxylation is 1. The molecule has 0 saturated heterocycles. The van der Waals surface area contributed by atoms with Crippen molar-refractivity contribution in [3.8, 4) is 0 Å². The summed E-state index contributed by atoms with van der Waals surface area (Å²) in [5.41, 5.74) is 3.28. The molecule has 1 amide bonds. The third kappa shape index (κ3) is 5.37. The molecule has 0 spiro atoms. The quantitative estimate of drug-likeness (QED) is 0.840. The average molecular weight is 360 g/mol. The molecule has 0 aliphatic carbocycles. The second-order valence-corrected chi connectivity index (χ2v) is 5.76. The van der Waals surface area contributed by atoms with Gasteiger partial charge in [0.05, 0.1) is 0 Å². The molecule has 2 rings (SSSR count). The molecule has 4 heteroatoms. The van der Waals surface area contributed by atoms with Crippen LogP contribution >= 0.6 is 15.9 Å². The molecular weight excluding hydrogens is 342 g/mol. The van der Waals surface area contributed by atoms with E-state index in [1.807, 2.05) is 67.6 Å². The van der Waals surface area contributed by atoms with Crippen molar-refractivity contribution in [2.75, 3.05) is 6.54 Å². The Balaban J connectivity index is 1.75. The van der Waals surface area contributed by atoms with Gasteiger partial charge < -0.3 is 10.1 Å². The van der Waals surface area contributed by atoms with Crippen LogP contribution in [0.15, 0.2) is 59.1 Å². The maximum absolute atomic E-state index is 11.6. The van der Waals surface area contributed by atoms with Crippen LogP contribution in [-0.4, -0.2) is 12.6 Å². The minimum atomic E-state index is -0.417. The SMILES string of the molecule is Cc1ccc(Br)cc1C=CCNC(=O)OCc1ccccc1. The number of nitrogens with one attached hydrogen (secondary N) is 1. The van der Waals surface area contributed by atoms with Crippen molar-refractivity contribution in [3.63, 3.8) is 0 Å². The van der Waals surface area contributed by atoms with Gasteiger partial charge in [-0.15, -0.1) is 0 Å². The van der Waals surface area contributed by atoms with Crippen molar-refractivity contribution in [1.29, 1.82) is 0 Å². The molecule has 2 aromatic rings. The standard InChI is InChI=1S/C18H18BrNO2/c1-14-9-10-17(19)12-16(14)8-5-11-20-18(21)22-13-15-6-3-2-4-7-15/h2-10,12H,11,13H2,1H3,(H,20,21). The van der Waals surface area contributed by atoms with Gasteiger partial charge in [-0.05, 0) is 35.7 Å². The molecule has 0 radical (unpaired) electrons. The molecule has 3 nitrogen and oxygen atoms in total. The second-order valence-electron chi connectivity index (χ2n) is 4.85. The molecule has 0 unspecified atom stereocenters. The van der Waals surface area contributed by atoms with E-state index in [1.165, 1.54) is 5.56 Å². The van der Waals surface area contributed by atoms with E-state index in [2.05, 4.69) is 21.2 Å². The van der Waals surface area contributed by atoms with Crippen LogP contribution in [0.3, 0.4) is 0 Å². The Kier molecular flexibility index (Phi) is 6.22. The number of carbonyl (C=O) groups is 1. The number of ether oxygens (including phenoxy) is 1. The van der Waals surface area contributed by atoms with Crippen LogP contribution in [0.1, 0.15) is 16.7 Å². The molecule has 1 N–H and O–H groups in total. The Bertz CT molecular complexity index is 653. The lowest BCUT2D eigenvalue weighted by Crippen LogP contribution is -2.24. The molecule has 0 aliphatic heterocycles. The molecular formula is C18H18BrNO2. The zero-order chi connectivity index (χ0) is 15.8. The average Bonchev–Trinajstić information content (AvgIpc) is 2.53. The number of rotatable bonds is 5. The fraction of sp³-hybridized carbons (Fsp3) is 0.167. The lowest BCUT2D eigenvalue weighted by Gasteiger charge is -2.05. The molecule has 114 valence electrons. The first-order valence-electron chi connectivity index (χ1n) is 7.02. The number of amides is 1. The zero-order valence-corrected chi connectivity index (χ0v) is 14.0. The summed E-state index contributed by atoms with van der Waals surface area (Å²) in [6.07, 6.45) is 3.47. The number of carbonyl (C=O) groups excluding carboxylic acids is 1. The van der Waals surface area contributed by atoms with E-state index in [0.29, 0.717) is 6.54 Å². The fourth-order valence-corrected chi connectivity index (χ4v) is 2.27.